The third-order valence-corrected chi connectivity index (χ3v) is 4.40. The SMILES string of the molecule is COCCNCc1cc(Cl)ccc1N1CC(C)C(C)C1. The molecule has 3 nitrogen and oxygen atoms in total. The largest absolute Gasteiger partial charge is 0.383 e. The normalized spacial score (nSPS) is 22.5. The van der Waals surface area contributed by atoms with Crippen LogP contribution in [-0.4, -0.2) is 33.4 Å². The van der Waals surface area contributed by atoms with Gasteiger partial charge in [0.2, 0.25) is 0 Å². The number of hydrogen-bond acceptors (Lipinski definition) is 3. The lowest BCUT2D eigenvalue weighted by molar-refractivity contribution is 0.199. The predicted molar refractivity (Wildman–Crippen MR) is 85.6 cm³/mol. The van der Waals surface area contributed by atoms with E-state index in [-0.39, 0.29) is 0 Å². The Balaban J connectivity index is 2.07. The van der Waals surface area contributed by atoms with E-state index in [9.17, 15) is 0 Å². The van der Waals surface area contributed by atoms with Crippen molar-refractivity contribution in [3.05, 3.63) is 28.8 Å². The summed E-state index contributed by atoms with van der Waals surface area (Å²) in [5.74, 6) is 1.50. The Morgan fingerprint density at radius 1 is 1.30 bits per heavy atom. The van der Waals surface area contributed by atoms with E-state index in [2.05, 4.69) is 36.2 Å². The number of hydrogen-bond donors (Lipinski definition) is 1. The molecule has 0 bridgehead atoms. The highest BCUT2D eigenvalue weighted by molar-refractivity contribution is 6.30. The van der Waals surface area contributed by atoms with Crippen molar-refractivity contribution in [2.45, 2.75) is 20.4 Å². The van der Waals surface area contributed by atoms with Gasteiger partial charge >= 0.3 is 0 Å². The van der Waals surface area contributed by atoms with Gasteiger partial charge in [-0.25, -0.2) is 0 Å². The van der Waals surface area contributed by atoms with E-state index >= 15 is 0 Å². The molecule has 2 atom stereocenters. The van der Waals surface area contributed by atoms with E-state index in [0.717, 1.165) is 49.6 Å². The lowest BCUT2D eigenvalue weighted by Gasteiger charge is -2.22. The van der Waals surface area contributed by atoms with Crippen LogP contribution in [0, 0.1) is 11.8 Å². The van der Waals surface area contributed by atoms with Crippen LogP contribution >= 0.6 is 11.6 Å². The standard InChI is InChI=1S/C16H25ClN2O/c1-12-10-19(11-13(12)2)16-5-4-15(17)8-14(16)9-18-6-7-20-3/h4-5,8,12-13,18H,6-7,9-11H2,1-3H3. The molecule has 4 heteroatoms. The molecule has 20 heavy (non-hydrogen) atoms. The molecule has 0 radical (unpaired) electrons. The van der Waals surface area contributed by atoms with Crippen molar-refractivity contribution in [2.75, 3.05) is 38.3 Å². The maximum Gasteiger partial charge on any atom is 0.0587 e. The molecule has 1 aliphatic heterocycles. The van der Waals surface area contributed by atoms with Crippen LogP contribution in [-0.2, 0) is 11.3 Å². The van der Waals surface area contributed by atoms with E-state index < -0.39 is 0 Å². The van der Waals surface area contributed by atoms with Crippen LogP contribution in [0.5, 0.6) is 0 Å². The Hall–Kier alpha value is -0.770. The van der Waals surface area contributed by atoms with Gasteiger partial charge in [-0.15, -0.1) is 0 Å². The third-order valence-electron chi connectivity index (χ3n) is 4.17. The molecular weight excluding hydrogens is 272 g/mol. The van der Waals surface area contributed by atoms with Gasteiger partial charge in [0.05, 0.1) is 6.61 Å². The van der Waals surface area contributed by atoms with Crippen molar-refractivity contribution in [3.8, 4) is 0 Å². The summed E-state index contributed by atoms with van der Waals surface area (Å²) in [5, 5.41) is 4.21. The second-order valence-electron chi connectivity index (χ2n) is 5.80. The minimum Gasteiger partial charge on any atom is -0.383 e. The lowest BCUT2D eigenvalue weighted by Crippen LogP contribution is -2.24. The molecule has 0 aliphatic carbocycles. The van der Waals surface area contributed by atoms with E-state index in [0.29, 0.717) is 0 Å². The Kier molecular flexibility index (Phi) is 5.70. The molecule has 1 aromatic rings. The van der Waals surface area contributed by atoms with E-state index in [1.165, 1.54) is 11.3 Å². The van der Waals surface area contributed by atoms with Crippen molar-refractivity contribution in [1.29, 1.82) is 0 Å². The van der Waals surface area contributed by atoms with Gasteiger partial charge in [0.1, 0.15) is 0 Å². The molecule has 2 unspecified atom stereocenters. The zero-order chi connectivity index (χ0) is 14.5. The van der Waals surface area contributed by atoms with Crippen molar-refractivity contribution >= 4 is 17.3 Å². The summed E-state index contributed by atoms with van der Waals surface area (Å²) in [4.78, 5) is 2.49. The minimum absolute atomic E-state index is 0.730. The molecular formula is C16H25ClN2O. The number of anilines is 1. The molecule has 0 spiro atoms. The Labute approximate surface area is 127 Å². The van der Waals surface area contributed by atoms with Gasteiger partial charge in [-0.1, -0.05) is 25.4 Å². The smallest absolute Gasteiger partial charge is 0.0587 e. The zero-order valence-corrected chi connectivity index (χ0v) is 13.4. The van der Waals surface area contributed by atoms with Gasteiger partial charge in [-0.05, 0) is 35.6 Å². The summed E-state index contributed by atoms with van der Waals surface area (Å²) in [6.07, 6.45) is 0. The van der Waals surface area contributed by atoms with Crippen LogP contribution in [0.3, 0.4) is 0 Å². The highest BCUT2D eigenvalue weighted by atomic mass is 35.5. The van der Waals surface area contributed by atoms with Crippen LogP contribution in [0.2, 0.25) is 5.02 Å². The minimum atomic E-state index is 0.730. The number of ether oxygens (including phenoxy) is 1. The number of rotatable bonds is 6. The first kappa shape index (κ1) is 15.6. The monoisotopic (exact) mass is 296 g/mol. The first-order valence-corrected chi connectivity index (χ1v) is 7.72. The molecule has 1 N–H and O–H groups in total. The van der Waals surface area contributed by atoms with Gasteiger partial charge in [0.15, 0.2) is 0 Å². The predicted octanol–water partition coefficient (Wildman–Crippen LogP) is 3.17. The molecule has 1 heterocycles. The van der Waals surface area contributed by atoms with Crippen molar-refractivity contribution in [3.63, 3.8) is 0 Å². The van der Waals surface area contributed by atoms with E-state index in [4.69, 9.17) is 16.3 Å². The van der Waals surface area contributed by atoms with E-state index in [1.807, 2.05) is 6.07 Å². The fourth-order valence-electron chi connectivity index (χ4n) is 2.73. The van der Waals surface area contributed by atoms with Crippen molar-refractivity contribution in [2.24, 2.45) is 11.8 Å². The number of nitrogens with one attached hydrogen (secondary N) is 1. The summed E-state index contributed by atoms with van der Waals surface area (Å²) >= 11 is 6.15. The molecule has 1 fully saturated rings. The van der Waals surface area contributed by atoms with Crippen LogP contribution in [0.4, 0.5) is 5.69 Å². The van der Waals surface area contributed by atoms with Gasteiger partial charge in [0, 0.05) is 44.0 Å². The number of nitrogens with zero attached hydrogens (tertiary/aromatic N) is 1. The fraction of sp³-hybridized carbons (Fsp3) is 0.625. The van der Waals surface area contributed by atoms with Crippen molar-refractivity contribution in [1.82, 2.24) is 5.32 Å². The number of halogens is 1. The van der Waals surface area contributed by atoms with Crippen LogP contribution in [0.15, 0.2) is 18.2 Å². The Bertz CT molecular complexity index is 428. The average molecular weight is 297 g/mol. The maximum absolute atomic E-state index is 6.15. The van der Waals surface area contributed by atoms with Gasteiger partial charge in [0.25, 0.3) is 0 Å². The topological polar surface area (TPSA) is 24.5 Å². The summed E-state index contributed by atoms with van der Waals surface area (Å²) < 4.78 is 5.06. The van der Waals surface area contributed by atoms with Gasteiger partial charge in [-0.3, -0.25) is 0 Å². The molecule has 1 saturated heterocycles. The lowest BCUT2D eigenvalue weighted by atomic mass is 10.0. The van der Waals surface area contributed by atoms with Gasteiger partial charge < -0.3 is 15.0 Å². The molecule has 112 valence electrons. The summed E-state index contributed by atoms with van der Waals surface area (Å²) in [7, 11) is 1.72. The Morgan fingerprint density at radius 2 is 2.00 bits per heavy atom. The zero-order valence-electron chi connectivity index (χ0n) is 12.7. The third kappa shape index (κ3) is 3.87. The second-order valence-corrected chi connectivity index (χ2v) is 6.24. The summed E-state index contributed by atoms with van der Waals surface area (Å²) in [6, 6.07) is 6.22. The molecule has 0 amide bonds. The quantitative estimate of drug-likeness (QED) is 0.816. The number of benzene rings is 1. The second kappa shape index (κ2) is 7.30. The summed E-state index contributed by atoms with van der Waals surface area (Å²) in [6.45, 7) is 9.34. The number of methoxy groups -OCH3 is 1. The summed E-state index contributed by atoms with van der Waals surface area (Å²) in [5.41, 5.74) is 2.59. The van der Waals surface area contributed by atoms with Crippen LogP contribution in [0.25, 0.3) is 0 Å². The molecule has 2 rings (SSSR count). The van der Waals surface area contributed by atoms with Crippen LogP contribution < -0.4 is 10.2 Å². The van der Waals surface area contributed by atoms with Crippen molar-refractivity contribution < 1.29 is 4.74 Å². The van der Waals surface area contributed by atoms with E-state index in [1.54, 1.807) is 7.11 Å². The highest BCUT2D eigenvalue weighted by Gasteiger charge is 2.27. The average Bonchev–Trinajstić information content (AvgIpc) is 2.75. The molecule has 0 saturated carbocycles. The van der Waals surface area contributed by atoms with Gasteiger partial charge in [-0.2, -0.15) is 0 Å². The molecule has 1 aliphatic rings. The van der Waals surface area contributed by atoms with Crippen LogP contribution in [0.1, 0.15) is 19.4 Å². The maximum atomic E-state index is 6.15. The molecule has 0 aromatic heterocycles. The molecule has 1 aromatic carbocycles. The first-order chi connectivity index (χ1) is 9.61. The highest BCUT2D eigenvalue weighted by Crippen LogP contribution is 2.31. The fourth-order valence-corrected chi connectivity index (χ4v) is 2.92. The Morgan fingerprint density at radius 3 is 2.65 bits per heavy atom. The first-order valence-electron chi connectivity index (χ1n) is 7.35.